The van der Waals surface area contributed by atoms with E-state index in [4.69, 9.17) is 21.3 Å². The lowest BCUT2D eigenvalue weighted by Gasteiger charge is -2.07. The minimum atomic E-state index is -0.412. The summed E-state index contributed by atoms with van der Waals surface area (Å²) in [6.07, 6.45) is 0. The lowest BCUT2D eigenvalue weighted by Crippen LogP contribution is -2.11. The van der Waals surface area contributed by atoms with E-state index in [0.717, 1.165) is 5.56 Å². The third-order valence-electron chi connectivity index (χ3n) is 3.72. The SMILES string of the molecule is CCOC(=O)c1c(-c2ccccc2Cl)nc(-c2ccccc2)n1C. The number of hydrogen-bond acceptors (Lipinski definition) is 3. The Labute approximate surface area is 145 Å². The van der Waals surface area contributed by atoms with Crippen molar-refractivity contribution in [1.82, 2.24) is 9.55 Å². The van der Waals surface area contributed by atoms with E-state index in [-0.39, 0.29) is 0 Å². The van der Waals surface area contributed by atoms with Crippen molar-refractivity contribution in [2.45, 2.75) is 6.92 Å². The van der Waals surface area contributed by atoms with Gasteiger partial charge in [0.15, 0.2) is 5.69 Å². The largest absolute Gasteiger partial charge is 0.461 e. The summed E-state index contributed by atoms with van der Waals surface area (Å²) in [5.41, 5.74) is 2.55. The van der Waals surface area contributed by atoms with E-state index >= 15 is 0 Å². The molecule has 0 saturated heterocycles. The highest BCUT2D eigenvalue weighted by Gasteiger charge is 2.25. The molecule has 0 bridgehead atoms. The van der Waals surface area contributed by atoms with Crippen molar-refractivity contribution < 1.29 is 9.53 Å². The molecule has 0 radical (unpaired) electrons. The molecule has 2 aromatic carbocycles. The maximum Gasteiger partial charge on any atom is 0.357 e. The number of carbonyl (C=O) groups is 1. The monoisotopic (exact) mass is 340 g/mol. The van der Waals surface area contributed by atoms with E-state index in [2.05, 4.69) is 0 Å². The van der Waals surface area contributed by atoms with Crippen LogP contribution in [-0.4, -0.2) is 22.1 Å². The zero-order chi connectivity index (χ0) is 17.1. The average Bonchev–Trinajstić information content (AvgIpc) is 2.93. The normalized spacial score (nSPS) is 10.6. The summed E-state index contributed by atoms with van der Waals surface area (Å²) in [5, 5.41) is 0.542. The second-order valence-electron chi connectivity index (χ2n) is 5.26. The molecule has 0 amide bonds. The highest BCUT2D eigenvalue weighted by atomic mass is 35.5. The van der Waals surface area contributed by atoms with Crippen molar-refractivity contribution in [1.29, 1.82) is 0 Å². The van der Waals surface area contributed by atoms with Gasteiger partial charge in [-0.3, -0.25) is 0 Å². The van der Waals surface area contributed by atoms with Crippen LogP contribution in [0.15, 0.2) is 54.6 Å². The highest BCUT2D eigenvalue weighted by Crippen LogP contribution is 2.33. The third-order valence-corrected chi connectivity index (χ3v) is 4.05. The number of nitrogens with zero attached hydrogens (tertiary/aromatic N) is 2. The predicted octanol–water partition coefficient (Wildman–Crippen LogP) is 4.58. The minimum absolute atomic E-state index is 0.298. The topological polar surface area (TPSA) is 44.1 Å². The third kappa shape index (κ3) is 2.93. The number of carbonyl (C=O) groups excluding carboxylic acids is 1. The molecule has 0 aliphatic heterocycles. The molecule has 1 heterocycles. The molecule has 3 rings (SSSR count). The van der Waals surface area contributed by atoms with Gasteiger partial charge in [-0.1, -0.05) is 60.1 Å². The molecular weight excluding hydrogens is 324 g/mol. The molecule has 5 heteroatoms. The Balaban J connectivity index is 2.24. The molecule has 0 spiro atoms. The number of ether oxygens (including phenoxy) is 1. The summed E-state index contributed by atoms with van der Waals surface area (Å²) < 4.78 is 6.97. The first-order valence-corrected chi connectivity index (χ1v) is 8.05. The lowest BCUT2D eigenvalue weighted by atomic mass is 10.1. The van der Waals surface area contributed by atoms with Gasteiger partial charge in [-0.05, 0) is 13.0 Å². The molecule has 0 fully saturated rings. The van der Waals surface area contributed by atoms with Gasteiger partial charge in [0.25, 0.3) is 0 Å². The number of halogens is 1. The standard InChI is InChI=1S/C19H17ClN2O2/c1-3-24-19(23)17-16(14-11-7-8-12-15(14)20)21-18(22(17)2)13-9-5-4-6-10-13/h4-12H,3H2,1-2H3. The fraction of sp³-hybridized carbons (Fsp3) is 0.158. The summed E-state index contributed by atoms with van der Waals surface area (Å²) in [6, 6.07) is 17.1. The Hall–Kier alpha value is -2.59. The molecule has 3 aromatic rings. The molecule has 0 unspecified atom stereocenters. The van der Waals surface area contributed by atoms with Crippen LogP contribution in [0.3, 0.4) is 0 Å². The van der Waals surface area contributed by atoms with Gasteiger partial charge in [-0.15, -0.1) is 0 Å². The molecule has 0 aliphatic carbocycles. The number of benzene rings is 2. The van der Waals surface area contributed by atoms with Crippen molar-refractivity contribution in [3.05, 3.63) is 65.3 Å². The van der Waals surface area contributed by atoms with Crippen LogP contribution in [0.1, 0.15) is 17.4 Å². The number of hydrogen-bond donors (Lipinski definition) is 0. The van der Waals surface area contributed by atoms with Crippen molar-refractivity contribution >= 4 is 17.6 Å². The fourth-order valence-corrected chi connectivity index (χ4v) is 2.84. The van der Waals surface area contributed by atoms with Crippen LogP contribution in [0.4, 0.5) is 0 Å². The summed E-state index contributed by atoms with van der Waals surface area (Å²) >= 11 is 6.32. The van der Waals surface area contributed by atoms with Gasteiger partial charge in [0, 0.05) is 18.2 Å². The van der Waals surface area contributed by atoms with Crippen LogP contribution in [0.5, 0.6) is 0 Å². The minimum Gasteiger partial charge on any atom is -0.461 e. The van der Waals surface area contributed by atoms with Crippen LogP contribution in [0.25, 0.3) is 22.6 Å². The number of esters is 1. The summed E-state index contributed by atoms with van der Waals surface area (Å²) in [5.74, 6) is 0.276. The van der Waals surface area contributed by atoms with E-state index in [1.807, 2.05) is 55.6 Å². The molecule has 122 valence electrons. The van der Waals surface area contributed by atoms with Crippen LogP contribution in [0.2, 0.25) is 5.02 Å². The lowest BCUT2D eigenvalue weighted by molar-refractivity contribution is 0.0516. The Bertz CT molecular complexity index is 872. The zero-order valence-corrected chi connectivity index (χ0v) is 14.2. The van der Waals surface area contributed by atoms with Gasteiger partial charge in [0.2, 0.25) is 0 Å². The average molecular weight is 341 g/mol. The van der Waals surface area contributed by atoms with E-state index in [1.165, 1.54) is 0 Å². The molecule has 0 saturated carbocycles. The second kappa shape index (κ2) is 6.89. The van der Waals surface area contributed by atoms with E-state index < -0.39 is 5.97 Å². The fourth-order valence-electron chi connectivity index (χ4n) is 2.62. The molecule has 1 aromatic heterocycles. The second-order valence-corrected chi connectivity index (χ2v) is 5.67. The Morgan fingerprint density at radius 1 is 1.12 bits per heavy atom. The molecule has 0 atom stereocenters. The van der Waals surface area contributed by atoms with Crippen molar-refractivity contribution in [2.24, 2.45) is 7.05 Å². The van der Waals surface area contributed by atoms with E-state index in [1.54, 1.807) is 17.6 Å². The molecule has 0 N–H and O–H groups in total. The quantitative estimate of drug-likeness (QED) is 0.653. The smallest absolute Gasteiger partial charge is 0.357 e. The molecular formula is C19H17ClN2O2. The van der Waals surface area contributed by atoms with Gasteiger partial charge < -0.3 is 9.30 Å². The van der Waals surface area contributed by atoms with Crippen LogP contribution in [0, 0.1) is 0 Å². The van der Waals surface area contributed by atoms with Crippen LogP contribution < -0.4 is 0 Å². The number of rotatable bonds is 4. The predicted molar refractivity (Wildman–Crippen MR) is 95.0 cm³/mol. The van der Waals surface area contributed by atoms with Crippen molar-refractivity contribution in [3.8, 4) is 22.6 Å². The number of imidazole rings is 1. The van der Waals surface area contributed by atoms with Crippen molar-refractivity contribution in [3.63, 3.8) is 0 Å². The van der Waals surface area contributed by atoms with Gasteiger partial charge in [0.05, 0.1) is 11.6 Å². The van der Waals surface area contributed by atoms with E-state index in [0.29, 0.717) is 34.4 Å². The van der Waals surface area contributed by atoms with Crippen LogP contribution in [-0.2, 0) is 11.8 Å². The molecule has 24 heavy (non-hydrogen) atoms. The Kier molecular flexibility index (Phi) is 4.67. The Morgan fingerprint density at radius 3 is 2.46 bits per heavy atom. The summed E-state index contributed by atoms with van der Waals surface area (Å²) in [4.78, 5) is 17.2. The first-order valence-electron chi connectivity index (χ1n) is 7.67. The first kappa shape index (κ1) is 16.3. The maximum atomic E-state index is 12.5. The van der Waals surface area contributed by atoms with Gasteiger partial charge in [0.1, 0.15) is 11.5 Å². The molecule has 0 aliphatic rings. The molecule has 4 nitrogen and oxygen atoms in total. The van der Waals surface area contributed by atoms with E-state index in [9.17, 15) is 4.79 Å². The van der Waals surface area contributed by atoms with Gasteiger partial charge >= 0.3 is 5.97 Å². The van der Waals surface area contributed by atoms with Gasteiger partial charge in [-0.25, -0.2) is 9.78 Å². The highest BCUT2D eigenvalue weighted by molar-refractivity contribution is 6.33. The Morgan fingerprint density at radius 2 is 1.79 bits per heavy atom. The van der Waals surface area contributed by atoms with Crippen molar-refractivity contribution in [2.75, 3.05) is 6.61 Å². The van der Waals surface area contributed by atoms with Crippen LogP contribution >= 0.6 is 11.6 Å². The van der Waals surface area contributed by atoms with Gasteiger partial charge in [-0.2, -0.15) is 0 Å². The summed E-state index contributed by atoms with van der Waals surface area (Å²) in [6.45, 7) is 2.08. The number of aromatic nitrogens is 2. The summed E-state index contributed by atoms with van der Waals surface area (Å²) in [7, 11) is 1.81. The first-order chi connectivity index (χ1) is 11.6. The zero-order valence-electron chi connectivity index (χ0n) is 13.5. The maximum absolute atomic E-state index is 12.5.